The second-order valence-corrected chi connectivity index (χ2v) is 8.55. The molecule has 4 aromatic rings. The predicted octanol–water partition coefficient (Wildman–Crippen LogP) is 5.78. The van der Waals surface area contributed by atoms with E-state index >= 15 is 0 Å². The second kappa shape index (κ2) is 10.4. The third-order valence-corrected chi connectivity index (χ3v) is 5.97. The van der Waals surface area contributed by atoms with E-state index in [2.05, 4.69) is 16.4 Å². The van der Waals surface area contributed by atoms with E-state index < -0.39 is 0 Å². The van der Waals surface area contributed by atoms with Crippen LogP contribution < -0.4 is 15.6 Å². The number of benzene rings is 3. The van der Waals surface area contributed by atoms with Crippen molar-refractivity contribution in [2.24, 2.45) is 0 Å². The summed E-state index contributed by atoms with van der Waals surface area (Å²) in [5.41, 5.74) is 3.76. The Kier molecular flexibility index (Phi) is 7.18. The number of anilines is 1. The summed E-state index contributed by atoms with van der Waals surface area (Å²) in [5.74, 6) is 0.693. The standard InChI is InChI=1S/C27H26ClN3O3/c1-18-6-5-7-19(14-18)12-13-31(27(33)30-25-9-4-3-8-23(25)28)17-21-15-20-16-22(34-2)10-11-24(20)29-26(21)32/h3-11,14-16H,12-13,17H2,1-2H3,(H,29,32)(H,30,33). The van der Waals surface area contributed by atoms with Crippen LogP contribution in [0.3, 0.4) is 0 Å². The van der Waals surface area contributed by atoms with Crippen LogP contribution in [0.1, 0.15) is 16.7 Å². The summed E-state index contributed by atoms with van der Waals surface area (Å²) in [6.45, 7) is 2.61. The fourth-order valence-corrected chi connectivity index (χ4v) is 4.00. The average Bonchev–Trinajstić information content (AvgIpc) is 2.83. The van der Waals surface area contributed by atoms with Crippen LogP contribution in [0.2, 0.25) is 5.02 Å². The minimum atomic E-state index is -0.328. The number of para-hydroxylation sites is 1. The molecule has 2 N–H and O–H groups in total. The molecule has 3 aromatic carbocycles. The number of carbonyl (C=O) groups is 1. The van der Waals surface area contributed by atoms with Gasteiger partial charge < -0.3 is 19.9 Å². The normalized spacial score (nSPS) is 10.8. The Morgan fingerprint density at radius 3 is 2.65 bits per heavy atom. The molecule has 1 aromatic heterocycles. The summed E-state index contributed by atoms with van der Waals surface area (Å²) in [6.07, 6.45) is 0.650. The molecular weight excluding hydrogens is 450 g/mol. The molecule has 0 radical (unpaired) electrons. The van der Waals surface area contributed by atoms with Crippen molar-refractivity contribution in [2.75, 3.05) is 19.0 Å². The number of hydrogen-bond acceptors (Lipinski definition) is 3. The number of methoxy groups -OCH3 is 1. The van der Waals surface area contributed by atoms with Gasteiger partial charge in [0.15, 0.2) is 0 Å². The van der Waals surface area contributed by atoms with Gasteiger partial charge in [-0.3, -0.25) is 4.79 Å². The van der Waals surface area contributed by atoms with Gasteiger partial charge in [0.25, 0.3) is 5.56 Å². The molecule has 0 bridgehead atoms. The van der Waals surface area contributed by atoms with E-state index in [1.807, 2.05) is 31.2 Å². The molecule has 0 saturated carbocycles. The van der Waals surface area contributed by atoms with Crippen molar-refractivity contribution in [3.05, 3.63) is 105 Å². The number of fused-ring (bicyclic) bond motifs is 1. The zero-order valence-electron chi connectivity index (χ0n) is 19.1. The maximum Gasteiger partial charge on any atom is 0.322 e. The van der Waals surface area contributed by atoms with E-state index in [1.54, 1.807) is 54.5 Å². The number of aromatic nitrogens is 1. The van der Waals surface area contributed by atoms with Crippen molar-refractivity contribution in [3.8, 4) is 5.75 Å². The number of aryl methyl sites for hydroxylation is 1. The number of H-pyrrole nitrogens is 1. The first-order valence-corrected chi connectivity index (χ1v) is 11.4. The lowest BCUT2D eigenvalue weighted by molar-refractivity contribution is 0.209. The van der Waals surface area contributed by atoms with Crippen LogP contribution in [0.25, 0.3) is 10.9 Å². The molecule has 34 heavy (non-hydrogen) atoms. The number of pyridine rings is 1. The number of ether oxygens (including phenoxy) is 1. The molecule has 0 aliphatic heterocycles. The van der Waals surface area contributed by atoms with E-state index in [-0.39, 0.29) is 18.1 Å². The Bertz CT molecular complexity index is 1380. The first-order chi connectivity index (χ1) is 16.4. The Labute approximate surface area is 203 Å². The summed E-state index contributed by atoms with van der Waals surface area (Å²) in [4.78, 5) is 30.6. The molecule has 0 aliphatic rings. The predicted molar refractivity (Wildman–Crippen MR) is 137 cm³/mol. The number of nitrogens with one attached hydrogen (secondary N) is 2. The van der Waals surface area contributed by atoms with Gasteiger partial charge in [0.1, 0.15) is 5.75 Å². The smallest absolute Gasteiger partial charge is 0.322 e. The number of halogens is 1. The Balaban J connectivity index is 1.62. The lowest BCUT2D eigenvalue weighted by atomic mass is 10.1. The van der Waals surface area contributed by atoms with Crippen molar-refractivity contribution in [1.82, 2.24) is 9.88 Å². The van der Waals surface area contributed by atoms with Crippen molar-refractivity contribution in [3.63, 3.8) is 0 Å². The first-order valence-electron chi connectivity index (χ1n) is 11.0. The Hall–Kier alpha value is -3.77. The molecule has 0 unspecified atom stereocenters. The number of urea groups is 1. The topological polar surface area (TPSA) is 74.4 Å². The summed E-state index contributed by atoms with van der Waals surface area (Å²) >= 11 is 6.24. The molecule has 174 valence electrons. The number of nitrogens with zero attached hydrogens (tertiary/aromatic N) is 1. The van der Waals surface area contributed by atoms with Crippen LogP contribution >= 0.6 is 11.6 Å². The SMILES string of the molecule is COc1ccc2[nH]c(=O)c(CN(CCc3cccc(C)c3)C(=O)Nc3ccccc3Cl)cc2c1. The van der Waals surface area contributed by atoms with Crippen molar-refractivity contribution >= 4 is 34.2 Å². The van der Waals surface area contributed by atoms with Crippen LogP contribution in [0.5, 0.6) is 5.75 Å². The van der Waals surface area contributed by atoms with E-state index in [9.17, 15) is 9.59 Å². The minimum Gasteiger partial charge on any atom is -0.497 e. The quantitative estimate of drug-likeness (QED) is 0.356. The highest BCUT2D eigenvalue weighted by Crippen LogP contribution is 2.22. The van der Waals surface area contributed by atoms with Gasteiger partial charge >= 0.3 is 6.03 Å². The lowest BCUT2D eigenvalue weighted by Gasteiger charge is -2.23. The highest BCUT2D eigenvalue weighted by atomic mass is 35.5. The van der Waals surface area contributed by atoms with Crippen LogP contribution in [-0.2, 0) is 13.0 Å². The summed E-state index contributed by atoms with van der Waals surface area (Å²) in [7, 11) is 1.60. The highest BCUT2D eigenvalue weighted by molar-refractivity contribution is 6.33. The van der Waals surface area contributed by atoms with E-state index in [1.165, 1.54) is 0 Å². The maximum atomic E-state index is 13.3. The number of rotatable bonds is 7. The molecule has 2 amide bonds. The highest BCUT2D eigenvalue weighted by Gasteiger charge is 2.18. The monoisotopic (exact) mass is 475 g/mol. The largest absolute Gasteiger partial charge is 0.497 e. The van der Waals surface area contributed by atoms with E-state index in [4.69, 9.17) is 16.3 Å². The van der Waals surface area contributed by atoms with Gasteiger partial charge in [0.05, 0.1) is 24.4 Å². The molecule has 1 heterocycles. The maximum absolute atomic E-state index is 13.3. The number of carbonyl (C=O) groups excluding carboxylic acids is 1. The van der Waals surface area contributed by atoms with Crippen molar-refractivity contribution in [2.45, 2.75) is 19.9 Å². The van der Waals surface area contributed by atoms with Gasteiger partial charge in [-0.25, -0.2) is 4.79 Å². The summed E-state index contributed by atoms with van der Waals surface area (Å²) < 4.78 is 5.31. The van der Waals surface area contributed by atoms with Gasteiger partial charge in [0, 0.05) is 23.0 Å². The summed E-state index contributed by atoms with van der Waals surface area (Å²) in [6, 6.07) is 22.2. The second-order valence-electron chi connectivity index (χ2n) is 8.15. The molecule has 0 spiro atoms. The van der Waals surface area contributed by atoms with Crippen molar-refractivity contribution in [1.29, 1.82) is 0 Å². The van der Waals surface area contributed by atoms with Crippen LogP contribution in [-0.4, -0.2) is 29.6 Å². The Morgan fingerprint density at radius 1 is 1.06 bits per heavy atom. The average molecular weight is 476 g/mol. The molecule has 4 rings (SSSR count). The third kappa shape index (κ3) is 5.58. The van der Waals surface area contributed by atoms with E-state index in [0.717, 1.165) is 16.5 Å². The minimum absolute atomic E-state index is 0.143. The fraction of sp³-hybridized carbons (Fsp3) is 0.185. The van der Waals surface area contributed by atoms with Gasteiger partial charge in [-0.05, 0) is 55.3 Å². The van der Waals surface area contributed by atoms with Crippen LogP contribution in [0.15, 0.2) is 77.6 Å². The number of amides is 2. The van der Waals surface area contributed by atoms with Gasteiger partial charge in [0.2, 0.25) is 0 Å². The van der Waals surface area contributed by atoms with Gasteiger partial charge in [-0.15, -0.1) is 0 Å². The first kappa shape index (κ1) is 23.4. The Morgan fingerprint density at radius 2 is 1.88 bits per heavy atom. The zero-order chi connectivity index (χ0) is 24.1. The van der Waals surface area contributed by atoms with E-state index in [0.29, 0.717) is 40.5 Å². The zero-order valence-corrected chi connectivity index (χ0v) is 19.9. The van der Waals surface area contributed by atoms with Crippen LogP contribution in [0.4, 0.5) is 10.5 Å². The van der Waals surface area contributed by atoms with Gasteiger partial charge in [-0.2, -0.15) is 0 Å². The molecular formula is C27H26ClN3O3. The molecule has 0 fully saturated rings. The molecule has 0 atom stereocenters. The lowest BCUT2D eigenvalue weighted by Crippen LogP contribution is -2.37. The molecule has 0 saturated heterocycles. The number of hydrogen-bond donors (Lipinski definition) is 2. The summed E-state index contributed by atoms with van der Waals surface area (Å²) in [5, 5.41) is 4.16. The third-order valence-electron chi connectivity index (χ3n) is 5.65. The molecule has 0 aliphatic carbocycles. The van der Waals surface area contributed by atoms with Gasteiger partial charge in [-0.1, -0.05) is 53.6 Å². The van der Waals surface area contributed by atoms with Crippen LogP contribution in [0, 0.1) is 6.92 Å². The molecule has 7 heteroatoms. The molecule has 6 nitrogen and oxygen atoms in total. The van der Waals surface area contributed by atoms with Crippen molar-refractivity contribution < 1.29 is 9.53 Å². The fourth-order valence-electron chi connectivity index (χ4n) is 3.82. The number of aromatic amines is 1.